The topological polar surface area (TPSA) is 80.3 Å². The smallest absolute Gasteiger partial charge is 0.174 e. The van der Waals surface area contributed by atoms with E-state index in [9.17, 15) is 16.8 Å². The van der Waals surface area contributed by atoms with E-state index in [0.717, 1.165) is 17.2 Å². The molecule has 0 saturated carbocycles. The molecule has 2 heterocycles. The summed E-state index contributed by atoms with van der Waals surface area (Å²) in [6, 6.07) is -0.189. The lowest BCUT2D eigenvalue weighted by atomic mass is 10.3. The van der Waals surface area contributed by atoms with E-state index < -0.39 is 24.9 Å². The van der Waals surface area contributed by atoms with Gasteiger partial charge >= 0.3 is 0 Å². The summed E-state index contributed by atoms with van der Waals surface area (Å²) < 4.78 is 45.7. The Morgan fingerprint density at radius 3 is 2.53 bits per heavy atom. The minimum Gasteiger partial charge on any atom is -0.367 e. The molecule has 2 rings (SSSR count). The van der Waals surface area contributed by atoms with Gasteiger partial charge in [-0.15, -0.1) is 0 Å². The number of hydrogen-bond acceptors (Lipinski definition) is 6. The molecule has 0 aliphatic carbocycles. The van der Waals surface area contributed by atoms with Crippen LogP contribution in [0.25, 0.3) is 0 Å². The van der Waals surface area contributed by atoms with E-state index in [1.54, 1.807) is 0 Å². The minimum atomic E-state index is -3.23. The van der Waals surface area contributed by atoms with Crippen LogP contribution in [-0.4, -0.2) is 49.7 Å². The first-order chi connectivity index (χ1) is 8.67. The zero-order valence-electron chi connectivity index (χ0n) is 9.70. The highest BCUT2D eigenvalue weighted by Gasteiger charge is 2.32. The molecule has 0 amide bonds. The molecule has 0 spiro atoms. The summed E-state index contributed by atoms with van der Waals surface area (Å²) in [4.78, 5) is 0. The van der Waals surface area contributed by atoms with E-state index in [4.69, 9.17) is 23.8 Å². The molecule has 1 N–H and O–H groups in total. The first-order valence-corrected chi connectivity index (χ1v) is 10.6. The van der Waals surface area contributed by atoms with E-state index in [-0.39, 0.29) is 28.3 Å². The first kappa shape index (κ1) is 15.6. The normalized spacial score (nSPS) is 31.9. The highest BCUT2D eigenvalue weighted by molar-refractivity contribution is 8.24. The molecule has 108 valence electrons. The molecule has 0 unspecified atom stereocenters. The lowest BCUT2D eigenvalue weighted by Gasteiger charge is -2.15. The van der Waals surface area contributed by atoms with Crippen molar-refractivity contribution in [2.45, 2.75) is 17.7 Å². The minimum absolute atomic E-state index is 0.0682. The van der Waals surface area contributed by atoms with Crippen LogP contribution < -0.4 is 5.32 Å². The average Bonchev–Trinajstić information content (AvgIpc) is 2.66. The number of hydrogen-bond donors (Lipinski definition) is 1. The average molecular weight is 362 g/mol. The maximum atomic E-state index is 11.3. The molecule has 19 heavy (non-hydrogen) atoms. The summed E-state index contributed by atoms with van der Waals surface area (Å²) in [7, 11) is -6.20. The molecule has 0 aromatic rings. The Bertz CT molecular complexity index is 625. The molecule has 1 fully saturated rings. The van der Waals surface area contributed by atoms with E-state index in [1.165, 1.54) is 0 Å². The second kappa shape index (κ2) is 5.51. The van der Waals surface area contributed by atoms with Crippen LogP contribution >= 0.6 is 35.6 Å². The number of nitrogens with one attached hydrogen (secondary N) is 1. The van der Waals surface area contributed by atoms with Crippen molar-refractivity contribution >= 4 is 59.6 Å². The van der Waals surface area contributed by atoms with Crippen LogP contribution in [0.15, 0.2) is 10.4 Å². The summed E-state index contributed by atoms with van der Waals surface area (Å²) in [5.41, 5.74) is 0. The lowest BCUT2D eigenvalue weighted by Crippen LogP contribution is -2.34. The van der Waals surface area contributed by atoms with Gasteiger partial charge < -0.3 is 5.32 Å². The van der Waals surface area contributed by atoms with Gasteiger partial charge in [-0.1, -0.05) is 35.6 Å². The quantitative estimate of drug-likeness (QED) is 0.723. The summed E-state index contributed by atoms with van der Waals surface area (Å²) >= 11 is 12.1. The zero-order chi connectivity index (χ0) is 14.3. The van der Waals surface area contributed by atoms with E-state index >= 15 is 0 Å². The van der Waals surface area contributed by atoms with Crippen molar-refractivity contribution in [3.8, 4) is 0 Å². The van der Waals surface area contributed by atoms with Crippen LogP contribution in [-0.2, 0) is 19.7 Å². The number of halogens is 1. The summed E-state index contributed by atoms with van der Waals surface area (Å²) in [5, 5.41) is 3.85. The first-order valence-electron chi connectivity index (χ1n) is 5.44. The summed E-state index contributed by atoms with van der Waals surface area (Å²) in [6.45, 7) is 0. The third kappa shape index (κ3) is 4.32. The van der Waals surface area contributed by atoms with Crippen molar-refractivity contribution in [1.29, 1.82) is 0 Å². The summed E-state index contributed by atoms with van der Waals surface area (Å²) in [6.07, 6.45) is 0.523. The molecule has 2 atom stereocenters. The molecule has 0 bridgehead atoms. The number of sulfone groups is 2. The zero-order valence-corrected chi connectivity index (χ0v) is 13.7. The van der Waals surface area contributed by atoms with Crippen molar-refractivity contribution in [3.05, 3.63) is 10.4 Å². The predicted octanol–water partition coefficient (Wildman–Crippen LogP) is 0.658. The van der Waals surface area contributed by atoms with Crippen LogP contribution in [0.1, 0.15) is 6.42 Å². The third-order valence-electron chi connectivity index (χ3n) is 2.79. The Morgan fingerprint density at radius 1 is 1.37 bits per heavy atom. The van der Waals surface area contributed by atoms with Gasteiger partial charge in [0, 0.05) is 16.5 Å². The van der Waals surface area contributed by atoms with E-state index in [1.807, 2.05) is 0 Å². The Kier molecular flexibility index (Phi) is 4.51. The molecular weight excluding hydrogens is 350 g/mol. The van der Waals surface area contributed by atoms with Crippen LogP contribution in [0.3, 0.4) is 0 Å². The number of thiocarbonyl (C=S) groups is 1. The summed E-state index contributed by atoms with van der Waals surface area (Å²) in [5.74, 6) is 0.165. The number of thioether (sulfide) groups is 1. The van der Waals surface area contributed by atoms with Crippen LogP contribution in [0.2, 0.25) is 0 Å². The van der Waals surface area contributed by atoms with Gasteiger partial charge in [0.05, 0.1) is 22.5 Å². The van der Waals surface area contributed by atoms with Gasteiger partial charge in [0.1, 0.15) is 4.32 Å². The Labute approximate surface area is 127 Å². The van der Waals surface area contributed by atoms with E-state index in [0.29, 0.717) is 10.7 Å². The van der Waals surface area contributed by atoms with Crippen LogP contribution in [0.5, 0.6) is 0 Å². The van der Waals surface area contributed by atoms with Gasteiger partial charge in [-0.25, -0.2) is 16.8 Å². The monoisotopic (exact) mass is 361 g/mol. The highest BCUT2D eigenvalue weighted by atomic mass is 35.5. The fourth-order valence-corrected chi connectivity index (χ4v) is 7.62. The fraction of sp³-hybridized carbons (Fsp3) is 0.667. The van der Waals surface area contributed by atoms with Gasteiger partial charge in [-0.3, -0.25) is 0 Å². The maximum Gasteiger partial charge on any atom is 0.174 e. The largest absolute Gasteiger partial charge is 0.367 e. The van der Waals surface area contributed by atoms with Gasteiger partial charge in [0.25, 0.3) is 0 Å². The van der Waals surface area contributed by atoms with Crippen molar-refractivity contribution in [1.82, 2.24) is 5.32 Å². The van der Waals surface area contributed by atoms with Gasteiger partial charge in [-0.2, -0.15) is 0 Å². The molecule has 0 radical (unpaired) electrons. The third-order valence-corrected chi connectivity index (χ3v) is 8.25. The van der Waals surface area contributed by atoms with Gasteiger partial charge in [-0.05, 0) is 6.42 Å². The molecule has 2 aliphatic rings. The SMILES string of the molecule is O=S1(=O)C=C(Cl)[C@H](SC(=S)N[C@H]2CCS(=O)(=O)C2)C1. The van der Waals surface area contributed by atoms with Gasteiger partial charge in [0.15, 0.2) is 19.7 Å². The van der Waals surface area contributed by atoms with Crippen molar-refractivity contribution in [2.24, 2.45) is 0 Å². The predicted molar refractivity (Wildman–Crippen MR) is 81.9 cm³/mol. The Morgan fingerprint density at radius 2 is 2.05 bits per heavy atom. The van der Waals surface area contributed by atoms with Crippen LogP contribution in [0, 0.1) is 0 Å². The molecule has 2 aliphatic heterocycles. The molecule has 1 saturated heterocycles. The lowest BCUT2D eigenvalue weighted by molar-refractivity contribution is 0.600. The van der Waals surface area contributed by atoms with Crippen molar-refractivity contribution < 1.29 is 16.8 Å². The van der Waals surface area contributed by atoms with Crippen LogP contribution in [0.4, 0.5) is 0 Å². The highest BCUT2D eigenvalue weighted by Crippen LogP contribution is 2.31. The molecule has 5 nitrogen and oxygen atoms in total. The molecule has 10 heteroatoms. The second-order valence-electron chi connectivity index (χ2n) is 4.47. The molecular formula is C9H12ClNO4S4. The van der Waals surface area contributed by atoms with Crippen molar-refractivity contribution in [2.75, 3.05) is 17.3 Å². The Balaban J connectivity index is 1.88. The Hall–Kier alpha value is 0.170. The van der Waals surface area contributed by atoms with Crippen molar-refractivity contribution in [3.63, 3.8) is 0 Å². The fourth-order valence-electron chi connectivity index (χ4n) is 1.92. The van der Waals surface area contributed by atoms with E-state index in [2.05, 4.69) is 5.32 Å². The van der Waals surface area contributed by atoms with Gasteiger partial charge in [0.2, 0.25) is 0 Å². The number of rotatable bonds is 2. The molecule has 0 aromatic carbocycles. The second-order valence-corrected chi connectivity index (χ2v) is 10.9. The molecule has 0 aromatic heterocycles. The maximum absolute atomic E-state index is 11.3. The standard InChI is InChI=1S/C9H12ClNO4S4/c10-7-4-19(14,15)5-8(7)17-9(16)11-6-1-2-18(12,13)3-6/h4,6,8H,1-3,5H2,(H,11,16)/t6-,8+/m0/s1.